The number of benzene rings is 1. The molecule has 0 aliphatic carbocycles. The number of aryl methyl sites for hydroxylation is 1. The highest BCUT2D eigenvalue weighted by Gasteiger charge is 2.18. The summed E-state index contributed by atoms with van der Waals surface area (Å²) in [5, 5.41) is 6.39. The Labute approximate surface area is 115 Å². The number of nitrogens with one attached hydrogen (secondary N) is 2. The molecule has 1 amide bonds. The molecule has 104 valence electrons. The Kier molecular flexibility index (Phi) is 4.93. The summed E-state index contributed by atoms with van der Waals surface area (Å²) in [6, 6.07) is 8.44. The van der Waals surface area contributed by atoms with Gasteiger partial charge in [0.1, 0.15) is 0 Å². The number of likely N-dealkylation sites (N-methyl/N-ethyl adjacent to an activating group) is 1. The van der Waals surface area contributed by atoms with Crippen LogP contribution in [0.5, 0.6) is 0 Å². The molecule has 0 aromatic heterocycles. The van der Waals surface area contributed by atoms with E-state index in [-0.39, 0.29) is 5.91 Å². The Balaban J connectivity index is 1.80. The number of amides is 1. The second-order valence-electron chi connectivity index (χ2n) is 5.25. The number of nitrogens with zero attached hydrogens (tertiary/aromatic N) is 1. The number of piperazine rings is 1. The summed E-state index contributed by atoms with van der Waals surface area (Å²) < 4.78 is 0. The molecule has 4 nitrogen and oxygen atoms in total. The van der Waals surface area contributed by atoms with Gasteiger partial charge in [0, 0.05) is 32.2 Å². The van der Waals surface area contributed by atoms with Crippen molar-refractivity contribution >= 4 is 5.91 Å². The van der Waals surface area contributed by atoms with Crippen LogP contribution >= 0.6 is 0 Å². The summed E-state index contributed by atoms with van der Waals surface area (Å²) in [6.45, 7) is 5.78. The van der Waals surface area contributed by atoms with Crippen molar-refractivity contribution in [3.8, 4) is 0 Å². The quantitative estimate of drug-likeness (QED) is 0.832. The lowest BCUT2D eigenvalue weighted by molar-refractivity contribution is -0.120. The zero-order valence-electron chi connectivity index (χ0n) is 11.8. The summed E-state index contributed by atoms with van der Waals surface area (Å²) in [5.74, 6) is 0.105. The van der Waals surface area contributed by atoms with Crippen molar-refractivity contribution in [2.45, 2.75) is 19.4 Å². The normalized spacial score (nSPS) is 20.2. The van der Waals surface area contributed by atoms with Crippen LogP contribution in [0.3, 0.4) is 0 Å². The van der Waals surface area contributed by atoms with Gasteiger partial charge < -0.3 is 10.6 Å². The van der Waals surface area contributed by atoms with Crippen LogP contribution in [-0.2, 0) is 11.2 Å². The van der Waals surface area contributed by atoms with E-state index >= 15 is 0 Å². The van der Waals surface area contributed by atoms with E-state index in [0.29, 0.717) is 19.0 Å². The van der Waals surface area contributed by atoms with Gasteiger partial charge in [-0.2, -0.15) is 0 Å². The summed E-state index contributed by atoms with van der Waals surface area (Å²) >= 11 is 0. The lowest BCUT2D eigenvalue weighted by atomic mass is 10.1. The molecule has 2 N–H and O–H groups in total. The standard InChI is InChI=1S/C15H23N3O/c1-12-5-3-4-6-13(12)9-15(19)17-11-14-10-16-7-8-18(14)2/h3-6,14,16H,7-11H2,1-2H3,(H,17,19). The number of carbonyl (C=O) groups excluding carboxylic acids is 1. The molecule has 1 aliphatic heterocycles. The van der Waals surface area contributed by atoms with Gasteiger partial charge in [-0.25, -0.2) is 0 Å². The molecule has 0 saturated carbocycles. The Morgan fingerprint density at radius 3 is 3.00 bits per heavy atom. The molecule has 19 heavy (non-hydrogen) atoms. The summed E-state index contributed by atoms with van der Waals surface area (Å²) in [6.07, 6.45) is 0.469. The van der Waals surface area contributed by atoms with Crippen molar-refractivity contribution < 1.29 is 4.79 Å². The van der Waals surface area contributed by atoms with Crippen LogP contribution in [-0.4, -0.2) is 50.1 Å². The molecule has 1 aromatic rings. The van der Waals surface area contributed by atoms with Crippen LogP contribution in [0.15, 0.2) is 24.3 Å². The maximum Gasteiger partial charge on any atom is 0.224 e. The number of carbonyl (C=O) groups is 1. The van der Waals surface area contributed by atoms with E-state index in [9.17, 15) is 4.79 Å². The molecular formula is C15H23N3O. The Bertz CT molecular complexity index is 433. The fourth-order valence-corrected chi connectivity index (χ4v) is 2.37. The zero-order chi connectivity index (χ0) is 13.7. The molecule has 1 aliphatic rings. The van der Waals surface area contributed by atoms with Crippen LogP contribution in [0, 0.1) is 6.92 Å². The minimum absolute atomic E-state index is 0.105. The monoisotopic (exact) mass is 261 g/mol. The molecule has 0 spiro atoms. The van der Waals surface area contributed by atoms with Gasteiger partial charge in [-0.05, 0) is 25.1 Å². The van der Waals surface area contributed by atoms with E-state index in [2.05, 4.69) is 22.6 Å². The van der Waals surface area contributed by atoms with Gasteiger partial charge >= 0.3 is 0 Å². The Morgan fingerprint density at radius 2 is 2.26 bits per heavy atom. The third-order valence-corrected chi connectivity index (χ3v) is 3.79. The molecule has 1 fully saturated rings. The average Bonchev–Trinajstić information content (AvgIpc) is 2.40. The molecule has 1 aromatic carbocycles. The number of hydrogen-bond acceptors (Lipinski definition) is 3. The lowest BCUT2D eigenvalue weighted by Gasteiger charge is -2.33. The van der Waals surface area contributed by atoms with Crippen molar-refractivity contribution in [1.82, 2.24) is 15.5 Å². The van der Waals surface area contributed by atoms with E-state index in [1.807, 2.05) is 31.2 Å². The van der Waals surface area contributed by atoms with Gasteiger partial charge in [0.2, 0.25) is 5.91 Å². The highest BCUT2D eigenvalue weighted by molar-refractivity contribution is 5.78. The maximum absolute atomic E-state index is 12.0. The second-order valence-corrected chi connectivity index (χ2v) is 5.25. The van der Waals surface area contributed by atoms with Gasteiger partial charge in [-0.1, -0.05) is 24.3 Å². The molecule has 1 atom stereocenters. The minimum Gasteiger partial charge on any atom is -0.354 e. The van der Waals surface area contributed by atoms with E-state index in [1.165, 1.54) is 5.56 Å². The van der Waals surface area contributed by atoms with Crippen molar-refractivity contribution in [1.29, 1.82) is 0 Å². The largest absolute Gasteiger partial charge is 0.354 e. The topological polar surface area (TPSA) is 44.4 Å². The highest BCUT2D eigenvalue weighted by Crippen LogP contribution is 2.07. The molecule has 1 saturated heterocycles. The van der Waals surface area contributed by atoms with Crippen molar-refractivity contribution in [2.75, 3.05) is 33.2 Å². The highest BCUT2D eigenvalue weighted by atomic mass is 16.1. The first-order valence-corrected chi connectivity index (χ1v) is 6.89. The fraction of sp³-hybridized carbons (Fsp3) is 0.533. The van der Waals surface area contributed by atoms with Gasteiger partial charge in [-0.3, -0.25) is 9.69 Å². The van der Waals surface area contributed by atoms with Gasteiger partial charge in [0.15, 0.2) is 0 Å². The molecule has 1 heterocycles. The van der Waals surface area contributed by atoms with E-state index in [0.717, 1.165) is 25.2 Å². The van der Waals surface area contributed by atoms with Crippen LogP contribution < -0.4 is 10.6 Å². The van der Waals surface area contributed by atoms with E-state index in [1.54, 1.807) is 0 Å². The average molecular weight is 261 g/mol. The third kappa shape index (κ3) is 4.04. The van der Waals surface area contributed by atoms with Crippen molar-refractivity contribution in [3.05, 3.63) is 35.4 Å². The first kappa shape index (κ1) is 14.0. The number of rotatable bonds is 4. The molecular weight excluding hydrogens is 238 g/mol. The van der Waals surface area contributed by atoms with Crippen molar-refractivity contribution in [2.24, 2.45) is 0 Å². The zero-order valence-corrected chi connectivity index (χ0v) is 11.8. The summed E-state index contributed by atoms with van der Waals surface area (Å²) in [7, 11) is 2.11. The first-order valence-electron chi connectivity index (χ1n) is 6.89. The third-order valence-electron chi connectivity index (χ3n) is 3.79. The Hall–Kier alpha value is -1.39. The summed E-state index contributed by atoms with van der Waals surface area (Å²) in [4.78, 5) is 14.3. The van der Waals surface area contributed by atoms with Crippen LogP contribution in [0.1, 0.15) is 11.1 Å². The van der Waals surface area contributed by atoms with Gasteiger partial charge in [0.25, 0.3) is 0 Å². The SMILES string of the molecule is Cc1ccccc1CC(=O)NCC1CNCCN1C. The second kappa shape index (κ2) is 6.68. The van der Waals surface area contributed by atoms with Gasteiger partial charge in [-0.15, -0.1) is 0 Å². The molecule has 2 rings (SSSR count). The predicted octanol–water partition coefficient (Wildman–Crippen LogP) is 0.557. The van der Waals surface area contributed by atoms with Crippen LogP contribution in [0.4, 0.5) is 0 Å². The lowest BCUT2D eigenvalue weighted by Crippen LogP contribution is -2.54. The fourth-order valence-electron chi connectivity index (χ4n) is 2.37. The maximum atomic E-state index is 12.0. The molecule has 0 radical (unpaired) electrons. The summed E-state index contributed by atoms with van der Waals surface area (Å²) in [5.41, 5.74) is 2.28. The molecule has 4 heteroatoms. The molecule has 0 bridgehead atoms. The smallest absolute Gasteiger partial charge is 0.224 e. The number of hydrogen-bond donors (Lipinski definition) is 2. The first-order chi connectivity index (χ1) is 9.16. The van der Waals surface area contributed by atoms with Crippen molar-refractivity contribution in [3.63, 3.8) is 0 Å². The van der Waals surface area contributed by atoms with Crippen LogP contribution in [0.2, 0.25) is 0 Å². The molecule has 1 unspecified atom stereocenters. The Morgan fingerprint density at radius 1 is 1.47 bits per heavy atom. The van der Waals surface area contributed by atoms with Crippen LogP contribution in [0.25, 0.3) is 0 Å². The van der Waals surface area contributed by atoms with E-state index < -0.39 is 0 Å². The predicted molar refractivity (Wildman–Crippen MR) is 77.2 cm³/mol. The minimum atomic E-state index is 0.105. The van der Waals surface area contributed by atoms with Gasteiger partial charge in [0.05, 0.1) is 6.42 Å². The van der Waals surface area contributed by atoms with E-state index in [4.69, 9.17) is 0 Å².